The number of hydrogen-bond acceptors (Lipinski definition) is 3. The van der Waals surface area contributed by atoms with Crippen molar-refractivity contribution >= 4 is 33.5 Å². The lowest BCUT2D eigenvalue weighted by Crippen LogP contribution is -2.04. The third kappa shape index (κ3) is 2.68. The van der Waals surface area contributed by atoms with E-state index in [0.717, 1.165) is 5.56 Å². The second-order valence-corrected chi connectivity index (χ2v) is 4.68. The molecule has 0 bridgehead atoms. The second kappa shape index (κ2) is 5.18. The Labute approximate surface area is 113 Å². The van der Waals surface area contributed by atoms with Crippen molar-refractivity contribution < 1.29 is 4.79 Å². The third-order valence-corrected chi connectivity index (χ3v) is 3.07. The van der Waals surface area contributed by atoms with Gasteiger partial charge < -0.3 is 5.73 Å². The first kappa shape index (κ1) is 12.6. The van der Waals surface area contributed by atoms with Crippen molar-refractivity contribution in [1.82, 2.24) is 9.78 Å². The Bertz CT molecular complexity index is 580. The molecule has 4 nitrogen and oxygen atoms in total. The Morgan fingerprint density at radius 1 is 1.39 bits per heavy atom. The van der Waals surface area contributed by atoms with Crippen LogP contribution in [0.25, 0.3) is 6.08 Å². The number of nitrogens with zero attached hydrogens (tertiary/aromatic N) is 2. The molecule has 92 valence electrons. The number of halogens is 1. The van der Waals surface area contributed by atoms with Crippen molar-refractivity contribution in [2.45, 2.75) is 0 Å². The Kier molecular flexibility index (Phi) is 3.62. The summed E-state index contributed by atoms with van der Waals surface area (Å²) in [4.78, 5) is 12.0. The lowest BCUT2D eigenvalue weighted by Gasteiger charge is -1.98. The van der Waals surface area contributed by atoms with Crippen LogP contribution in [0.5, 0.6) is 0 Å². The Hall–Kier alpha value is -1.88. The first-order chi connectivity index (χ1) is 8.58. The van der Waals surface area contributed by atoms with E-state index in [1.54, 1.807) is 36.1 Å². The van der Waals surface area contributed by atoms with Gasteiger partial charge in [0, 0.05) is 12.7 Å². The van der Waals surface area contributed by atoms with Gasteiger partial charge in [-0.1, -0.05) is 18.2 Å². The maximum atomic E-state index is 12.0. The molecule has 18 heavy (non-hydrogen) atoms. The standard InChI is InChI=1S/C13H12BrN3O/c1-17-13(11(14)8-16-17)12(18)7-4-9-2-5-10(15)6-3-9/h2-8H,15H2,1H3/b7-4+. The number of nitrogens with two attached hydrogens (primary N) is 1. The number of allylic oxidation sites excluding steroid dienone is 1. The van der Waals surface area contributed by atoms with E-state index in [0.29, 0.717) is 15.9 Å². The Morgan fingerprint density at radius 3 is 2.61 bits per heavy atom. The van der Waals surface area contributed by atoms with Crippen LogP contribution in [0.1, 0.15) is 16.1 Å². The summed E-state index contributed by atoms with van der Waals surface area (Å²) < 4.78 is 2.23. The number of aromatic nitrogens is 2. The number of rotatable bonds is 3. The molecule has 0 amide bonds. The van der Waals surface area contributed by atoms with Crippen LogP contribution in [-0.2, 0) is 7.05 Å². The zero-order chi connectivity index (χ0) is 13.1. The summed E-state index contributed by atoms with van der Waals surface area (Å²) in [5.74, 6) is -0.0984. The van der Waals surface area contributed by atoms with E-state index in [1.807, 2.05) is 12.1 Å². The monoisotopic (exact) mass is 305 g/mol. The van der Waals surface area contributed by atoms with Crippen LogP contribution < -0.4 is 5.73 Å². The third-order valence-electron chi connectivity index (χ3n) is 2.49. The predicted molar refractivity (Wildman–Crippen MR) is 75.1 cm³/mol. The second-order valence-electron chi connectivity index (χ2n) is 3.83. The number of carbonyl (C=O) groups excluding carboxylic acids is 1. The van der Waals surface area contributed by atoms with E-state index >= 15 is 0 Å². The van der Waals surface area contributed by atoms with Gasteiger partial charge >= 0.3 is 0 Å². The van der Waals surface area contributed by atoms with E-state index in [-0.39, 0.29) is 5.78 Å². The zero-order valence-corrected chi connectivity index (χ0v) is 11.4. The highest BCUT2D eigenvalue weighted by Crippen LogP contribution is 2.16. The molecule has 0 aliphatic heterocycles. The number of anilines is 1. The fraction of sp³-hybridized carbons (Fsp3) is 0.0769. The minimum Gasteiger partial charge on any atom is -0.399 e. The molecule has 2 N–H and O–H groups in total. The van der Waals surface area contributed by atoms with Crippen LogP contribution in [-0.4, -0.2) is 15.6 Å². The van der Waals surface area contributed by atoms with Gasteiger partial charge in [-0.15, -0.1) is 0 Å². The van der Waals surface area contributed by atoms with E-state index < -0.39 is 0 Å². The molecule has 2 aromatic rings. The fourth-order valence-corrected chi connectivity index (χ4v) is 2.09. The van der Waals surface area contributed by atoms with Crippen molar-refractivity contribution in [2.75, 3.05) is 5.73 Å². The van der Waals surface area contributed by atoms with Gasteiger partial charge in [0.25, 0.3) is 0 Å². The largest absolute Gasteiger partial charge is 0.399 e. The van der Waals surface area contributed by atoms with Crippen molar-refractivity contribution in [3.63, 3.8) is 0 Å². The maximum absolute atomic E-state index is 12.0. The molecule has 2 rings (SSSR count). The molecule has 5 heteroatoms. The lowest BCUT2D eigenvalue weighted by atomic mass is 10.1. The number of hydrogen-bond donors (Lipinski definition) is 1. The highest BCUT2D eigenvalue weighted by atomic mass is 79.9. The molecular formula is C13H12BrN3O. The summed E-state index contributed by atoms with van der Waals surface area (Å²) in [6, 6.07) is 7.31. The summed E-state index contributed by atoms with van der Waals surface area (Å²) in [5, 5.41) is 4.00. The Morgan fingerprint density at radius 2 is 2.06 bits per heavy atom. The van der Waals surface area contributed by atoms with Gasteiger partial charge in [0.2, 0.25) is 5.78 Å². The first-order valence-electron chi connectivity index (χ1n) is 5.33. The number of carbonyl (C=O) groups is 1. The molecule has 0 saturated heterocycles. The molecule has 0 aliphatic carbocycles. The fourth-order valence-electron chi connectivity index (χ4n) is 1.55. The van der Waals surface area contributed by atoms with Crippen LogP contribution >= 0.6 is 15.9 Å². The average Bonchev–Trinajstić information content (AvgIpc) is 2.68. The van der Waals surface area contributed by atoms with Gasteiger partial charge in [0.15, 0.2) is 0 Å². The molecule has 0 saturated carbocycles. The van der Waals surface area contributed by atoms with Gasteiger partial charge in [-0.25, -0.2) is 0 Å². The smallest absolute Gasteiger partial charge is 0.205 e. The van der Waals surface area contributed by atoms with Crippen molar-refractivity contribution in [3.8, 4) is 0 Å². The molecule has 0 aliphatic rings. The molecule has 1 heterocycles. The van der Waals surface area contributed by atoms with Crippen LogP contribution in [0, 0.1) is 0 Å². The summed E-state index contributed by atoms with van der Waals surface area (Å²) in [7, 11) is 1.73. The minimum atomic E-state index is -0.0984. The summed E-state index contributed by atoms with van der Waals surface area (Å²) in [5.41, 5.74) is 7.75. The maximum Gasteiger partial charge on any atom is 0.205 e. The van der Waals surface area contributed by atoms with Crippen molar-refractivity contribution in [2.24, 2.45) is 7.05 Å². The van der Waals surface area contributed by atoms with Crippen LogP contribution in [0.3, 0.4) is 0 Å². The summed E-state index contributed by atoms with van der Waals surface area (Å²) in [6.07, 6.45) is 4.87. The molecule has 1 aromatic carbocycles. The number of ketones is 1. The van der Waals surface area contributed by atoms with E-state index in [4.69, 9.17) is 5.73 Å². The highest BCUT2D eigenvalue weighted by molar-refractivity contribution is 9.10. The van der Waals surface area contributed by atoms with Gasteiger partial charge in [0.05, 0.1) is 10.7 Å². The molecule has 0 unspecified atom stereocenters. The van der Waals surface area contributed by atoms with Gasteiger partial charge in [0.1, 0.15) is 5.69 Å². The van der Waals surface area contributed by atoms with Gasteiger partial charge in [-0.05, 0) is 39.7 Å². The summed E-state index contributed by atoms with van der Waals surface area (Å²) >= 11 is 3.30. The molecule has 0 fully saturated rings. The molecule has 0 atom stereocenters. The molecule has 0 radical (unpaired) electrons. The van der Waals surface area contributed by atoms with Gasteiger partial charge in [-0.3, -0.25) is 9.48 Å². The topological polar surface area (TPSA) is 60.9 Å². The summed E-state index contributed by atoms with van der Waals surface area (Å²) in [6.45, 7) is 0. The minimum absolute atomic E-state index is 0.0984. The molecule has 0 spiro atoms. The van der Waals surface area contributed by atoms with E-state index in [1.165, 1.54) is 6.08 Å². The normalized spacial score (nSPS) is 11.0. The predicted octanol–water partition coefficient (Wildman–Crippen LogP) is 2.66. The van der Waals surface area contributed by atoms with E-state index in [2.05, 4.69) is 21.0 Å². The average molecular weight is 306 g/mol. The Balaban J connectivity index is 2.19. The van der Waals surface area contributed by atoms with Crippen LogP contribution in [0.4, 0.5) is 5.69 Å². The van der Waals surface area contributed by atoms with E-state index in [9.17, 15) is 4.79 Å². The quantitative estimate of drug-likeness (QED) is 0.539. The molecular weight excluding hydrogens is 294 g/mol. The first-order valence-corrected chi connectivity index (χ1v) is 6.12. The highest BCUT2D eigenvalue weighted by Gasteiger charge is 2.11. The SMILES string of the molecule is Cn1ncc(Br)c1C(=O)/C=C/c1ccc(N)cc1. The van der Waals surface area contributed by atoms with Crippen molar-refractivity contribution in [3.05, 3.63) is 52.3 Å². The molecule has 1 aromatic heterocycles. The van der Waals surface area contributed by atoms with Crippen LogP contribution in [0.15, 0.2) is 41.0 Å². The van der Waals surface area contributed by atoms with Gasteiger partial charge in [-0.2, -0.15) is 5.10 Å². The number of aryl methyl sites for hydroxylation is 1. The lowest BCUT2D eigenvalue weighted by molar-refractivity contribution is 0.103. The van der Waals surface area contributed by atoms with Crippen LogP contribution in [0.2, 0.25) is 0 Å². The number of benzene rings is 1. The zero-order valence-electron chi connectivity index (χ0n) is 9.80. The number of nitrogen functional groups attached to an aromatic ring is 1. The van der Waals surface area contributed by atoms with Crippen molar-refractivity contribution in [1.29, 1.82) is 0 Å².